The number of hydrogen-bond acceptors (Lipinski definition) is 4. The smallest absolute Gasteiger partial charge is 0.336 e. The molecule has 3 rings (SSSR count). The van der Waals surface area contributed by atoms with Gasteiger partial charge in [0.2, 0.25) is 0 Å². The van der Waals surface area contributed by atoms with Gasteiger partial charge < -0.3 is 9.52 Å². The van der Waals surface area contributed by atoms with E-state index in [2.05, 4.69) is 11.0 Å². The van der Waals surface area contributed by atoms with Crippen molar-refractivity contribution in [2.75, 3.05) is 13.2 Å². The molecule has 2 aromatic rings. The second kappa shape index (κ2) is 6.63. The molecule has 1 aromatic heterocycles. The van der Waals surface area contributed by atoms with Crippen LogP contribution in [0.15, 0.2) is 33.5 Å². The molecule has 1 N–H and O–H groups in total. The Labute approximate surface area is 130 Å². The largest absolute Gasteiger partial charge is 0.423 e. The molecule has 1 saturated heterocycles. The van der Waals surface area contributed by atoms with Crippen molar-refractivity contribution in [3.05, 3.63) is 45.8 Å². The third kappa shape index (κ3) is 3.23. The molecule has 1 unspecified atom stereocenters. The quantitative estimate of drug-likeness (QED) is 0.863. The Kier molecular flexibility index (Phi) is 4.60. The van der Waals surface area contributed by atoms with Crippen LogP contribution in [0.2, 0.25) is 0 Å². The molecule has 4 nitrogen and oxygen atoms in total. The number of likely N-dealkylation sites (tertiary alicyclic amines) is 1. The minimum atomic E-state index is -0.279. The Morgan fingerprint density at radius 1 is 1.36 bits per heavy atom. The zero-order valence-corrected chi connectivity index (χ0v) is 13.0. The lowest BCUT2D eigenvalue weighted by Gasteiger charge is -2.24. The van der Waals surface area contributed by atoms with Crippen molar-refractivity contribution in [3.8, 4) is 0 Å². The maximum atomic E-state index is 11.8. The van der Waals surface area contributed by atoms with E-state index in [-0.39, 0.29) is 12.2 Å². The highest BCUT2D eigenvalue weighted by atomic mass is 16.4. The van der Waals surface area contributed by atoms with Gasteiger partial charge in [-0.1, -0.05) is 12.1 Å². The van der Waals surface area contributed by atoms with Crippen molar-refractivity contribution in [1.29, 1.82) is 0 Å². The number of nitrogens with zero attached hydrogens (tertiary/aromatic N) is 1. The Morgan fingerprint density at radius 2 is 2.23 bits per heavy atom. The van der Waals surface area contributed by atoms with Crippen LogP contribution in [0.4, 0.5) is 0 Å². The molecular formula is C18H23NO3. The van der Waals surface area contributed by atoms with Crippen molar-refractivity contribution in [2.45, 2.75) is 45.2 Å². The van der Waals surface area contributed by atoms with Gasteiger partial charge in [-0.25, -0.2) is 4.79 Å². The average Bonchev–Trinajstić information content (AvgIpc) is 2.91. The summed E-state index contributed by atoms with van der Waals surface area (Å²) in [6, 6.07) is 8.16. The van der Waals surface area contributed by atoms with Gasteiger partial charge in [0.1, 0.15) is 5.58 Å². The SMILES string of the molecule is Cc1ccc2c(CN3CCCC3CCCO)cc(=O)oc2c1. The molecule has 1 aliphatic rings. The summed E-state index contributed by atoms with van der Waals surface area (Å²) in [6.45, 7) is 4.09. The van der Waals surface area contributed by atoms with Crippen LogP contribution in [0.3, 0.4) is 0 Å². The molecule has 1 aromatic carbocycles. The van der Waals surface area contributed by atoms with Crippen LogP contribution < -0.4 is 5.63 Å². The van der Waals surface area contributed by atoms with Gasteiger partial charge in [0.25, 0.3) is 0 Å². The fraction of sp³-hybridized carbons (Fsp3) is 0.500. The number of aliphatic hydroxyl groups excluding tert-OH is 1. The molecule has 0 spiro atoms. The second-order valence-electron chi connectivity index (χ2n) is 6.22. The summed E-state index contributed by atoms with van der Waals surface area (Å²) >= 11 is 0. The van der Waals surface area contributed by atoms with E-state index in [4.69, 9.17) is 9.52 Å². The predicted octanol–water partition coefficient (Wildman–Crippen LogP) is 2.84. The fourth-order valence-electron chi connectivity index (χ4n) is 3.44. The first kappa shape index (κ1) is 15.3. The normalized spacial score (nSPS) is 19.1. The summed E-state index contributed by atoms with van der Waals surface area (Å²) in [5.74, 6) is 0. The molecule has 0 amide bonds. The lowest BCUT2D eigenvalue weighted by molar-refractivity contribution is 0.210. The fourth-order valence-corrected chi connectivity index (χ4v) is 3.44. The third-order valence-corrected chi connectivity index (χ3v) is 4.55. The topological polar surface area (TPSA) is 53.7 Å². The zero-order valence-electron chi connectivity index (χ0n) is 13.0. The minimum absolute atomic E-state index is 0.251. The Bertz CT molecular complexity index is 707. The Balaban J connectivity index is 1.88. The van der Waals surface area contributed by atoms with Crippen LogP contribution in [0.1, 0.15) is 36.8 Å². The lowest BCUT2D eigenvalue weighted by Crippen LogP contribution is -2.29. The van der Waals surface area contributed by atoms with Crippen LogP contribution in [0, 0.1) is 6.92 Å². The average molecular weight is 301 g/mol. The molecule has 1 fully saturated rings. The predicted molar refractivity (Wildman–Crippen MR) is 87.0 cm³/mol. The van der Waals surface area contributed by atoms with Crippen molar-refractivity contribution >= 4 is 11.0 Å². The number of rotatable bonds is 5. The highest BCUT2D eigenvalue weighted by Crippen LogP contribution is 2.26. The monoisotopic (exact) mass is 301 g/mol. The number of hydrogen-bond donors (Lipinski definition) is 1. The van der Waals surface area contributed by atoms with Crippen LogP contribution in [-0.2, 0) is 6.54 Å². The van der Waals surface area contributed by atoms with E-state index >= 15 is 0 Å². The first-order valence-corrected chi connectivity index (χ1v) is 8.05. The van der Waals surface area contributed by atoms with Gasteiger partial charge in [0.15, 0.2) is 0 Å². The van der Waals surface area contributed by atoms with Crippen LogP contribution in [0.25, 0.3) is 11.0 Å². The zero-order chi connectivity index (χ0) is 15.5. The summed E-state index contributed by atoms with van der Waals surface area (Å²) < 4.78 is 5.33. The first-order chi connectivity index (χ1) is 10.7. The van der Waals surface area contributed by atoms with Gasteiger partial charge in [-0.2, -0.15) is 0 Å². The summed E-state index contributed by atoms with van der Waals surface area (Å²) in [6.07, 6.45) is 4.24. The van der Waals surface area contributed by atoms with E-state index in [1.165, 1.54) is 12.8 Å². The molecule has 1 aliphatic heterocycles. The number of aryl methyl sites for hydroxylation is 1. The second-order valence-corrected chi connectivity index (χ2v) is 6.22. The van der Waals surface area contributed by atoms with Gasteiger partial charge >= 0.3 is 5.63 Å². The molecule has 0 radical (unpaired) electrons. The molecule has 0 aliphatic carbocycles. The van der Waals surface area contributed by atoms with E-state index in [0.29, 0.717) is 11.6 Å². The Morgan fingerprint density at radius 3 is 3.05 bits per heavy atom. The van der Waals surface area contributed by atoms with Crippen molar-refractivity contribution in [2.24, 2.45) is 0 Å². The first-order valence-electron chi connectivity index (χ1n) is 8.05. The molecule has 4 heteroatoms. The molecule has 0 bridgehead atoms. The molecular weight excluding hydrogens is 278 g/mol. The van der Waals surface area contributed by atoms with Gasteiger partial charge in [-0.3, -0.25) is 4.90 Å². The standard InChI is InChI=1S/C18H23NO3/c1-13-6-7-16-14(11-18(21)22-17(16)10-13)12-19-8-2-4-15(19)5-3-9-20/h6-7,10-11,15,20H,2-5,8-9,12H2,1H3. The molecule has 22 heavy (non-hydrogen) atoms. The van der Waals surface area contributed by atoms with Gasteiger partial charge in [-0.05, 0) is 56.3 Å². The van der Waals surface area contributed by atoms with Crippen LogP contribution in [-0.4, -0.2) is 29.2 Å². The summed E-state index contributed by atoms with van der Waals surface area (Å²) in [5.41, 5.74) is 2.53. The number of aliphatic hydroxyl groups is 1. The maximum Gasteiger partial charge on any atom is 0.336 e. The highest BCUT2D eigenvalue weighted by Gasteiger charge is 2.24. The van der Waals surface area contributed by atoms with Crippen molar-refractivity contribution in [3.63, 3.8) is 0 Å². The lowest BCUT2D eigenvalue weighted by atomic mass is 10.1. The molecule has 0 saturated carbocycles. The van der Waals surface area contributed by atoms with E-state index < -0.39 is 0 Å². The van der Waals surface area contributed by atoms with Gasteiger partial charge in [0, 0.05) is 30.6 Å². The van der Waals surface area contributed by atoms with E-state index in [0.717, 1.165) is 42.4 Å². The minimum Gasteiger partial charge on any atom is -0.423 e. The van der Waals surface area contributed by atoms with Crippen LogP contribution in [0.5, 0.6) is 0 Å². The summed E-state index contributed by atoms with van der Waals surface area (Å²) in [7, 11) is 0. The maximum absolute atomic E-state index is 11.8. The van der Waals surface area contributed by atoms with E-state index in [1.807, 2.05) is 19.1 Å². The number of benzene rings is 1. The molecule has 1 atom stereocenters. The van der Waals surface area contributed by atoms with Crippen LogP contribution >= 0.6 is 0 Å². The molecule has 118 valence electrons. The van der Waals surface area contributed by atoms with Gasteiger partial charge in [-0.15, -0.1) is 0 Å². The highest BCUT2D eigenvalue weighted by molar-refractivity contribution is 5.80. The third-order valence-electron chi connectivity index (χ3n) is 4.55. The summed E-state index contributed by atoms with van der Waals surface area (Å²) in [5, 5.41) is 10.1. The van der Waals surface area contributed by atoms with E-state index in [1.54, 1.807) is 6.07 Å². The number of fused-ring (bicyclic) bond motifs is 1. The summed E-state index contributed by atoms with van der Waals surface area (Å²) in [4.78, 5) is 14.3. The van der Waals surface area contributed by atoms with Gasteiger partial charge in [0.05, 0.1) is 0 Å². The van der Waals surface area contributed by atoms with Crippen molar-refractivity contribution < 1.29 is 9.52 Å². The Hall–Kier alpha value is -1.65. The van der Waals surface area contributed by atoms with E-state index in [9.17, 15) is 4.79 Å². The van der Waals surface area contributed by atoms with Crippen molar-refractivity contribution in [1.82, 2.24) is 4.90 Å². The molecule has 2 heterocycles.